The Bertz CT molecular complexity index is 799. The minimum atomic E-state index is -1.62. The zero-order valence-electron chi connectivity index (χ0n) is 17.2. The molecule has 3 saturated carbocycles. The Morgan fingerprint density at radius 3 is 2.57 bits per heavy atom. The first kappa shape index (κ1) is 20.0. The first-order valence-electron chi connectivity index (χ1n) is 10.5. The van der Waals surface area contributed by atoms with Crippen LogP contribution in [0, 0.1) is 34.0 Å². The second-order valence-electron chi connectivity index (χ2n) is 10.3. The van der Waals surface area contributed by atoms with Gasteiger partial charge in [0.15, 0.2) is 11.6 Å². The van der Waals surface area contributed by atoms with Crippen molar-refractivity contribution in [3.8, 4) is 0 Å². The number of carbonyl (C=O) groups excluding carboxylic acids is 2. The Hall–Kier alpha value is -1.30. The van der Waals surface area contributed by atoms with Crippen molar-refractivity contribution in [3.63, 3.8) is 0 Å². The summed E-state index contributed by atoms with van der Waals surface area (Å²) >= 11 is 0. The number of Topliss-reactive ketones (excluding diaryl/α,β-unsaturated/α-hetero) is 1. The molecule has 4 aliphatic carbocycles. The molecule has 5 heteroatoms. The van der Waals surface area contributed by atoms with E-state index in [1.807, 2.05) is 19.9 Å². The maximum Gasteiger partial charge on any atom is 0.190 e. The molecule has 3 fully saturated rings. The molecule has 0 aromatic heterocycles. The summed E-state index contributed by atoms with van der Waals surface area (Å²) < 4.78 is 0. The molecule has 0 bridgehead atoms. The maximum absolute atomic E-state index is 12.6. The fraction of sp³-hybridized carbons (Fsp3) is 0.739. The second kappa shape index (κ2) is 5.87. The van der Waals surface area contributed by atoms with E-state index in [1.54, 1.807) is 12.2 Å². The highest BCUT2D eigenvalue weighted by atomic mass is 16.3. The number of ketones is 2. The molecule has 0 unspecified atom stereocenters. The molecule has 0 radical (unpaired) electrons. The number of carbonyl (C=O) groups is 2. The minimum Gasteiger partial charge on any atom is -0.392 e. The van der Waals surface area contributed by atoms with Crippen LogP contribution in [0.1, 0.15) is 53.4 Å². The minimum absolute atomic E-state index is 0.00192. The Morgan fingerprint density at radius 1 is 1.25 bits per heavy atom. The Labute approximate surface area is 166 Å². The molecule has 3 N–H and O–H groups in total. The standard InChI is InChI=1S/C23H32O5/c1-13-9-17-16-6-5-14-10-15(25)7-8-20(14,2)22(16,4)18(26)11-21(17,3)23(13,28)19(27)12-24/h7-8,10,13,16-18,24,26,28H,5-6,9,11-12H2,1-4H3/t13-,16-,17-,18-,20-,21-,22+,23-/m0/s1. The average Bonchev–Trinajstić information content (AvgIpc) is 2.84. The summed E-state index contributed by atoms with van der Waals surface area (Å²) in [5.74, 6) is -0.622. The molecular weight excluding hydrogens is 356 g/mol. The van der Waals surface area contributed by atoms with Crippen molar-refractivity contribution in [3.05, 3.63) is 23.8 Å². The van der Waals surface area contributed by atoms with Gasteiger partial charge in [0.05, 0.1) is 6.10 Å². The predicted octanol–water partition coefficient (Wildman–Crippen LogP) is 2.19. The van der Waals surface area contributed by atoms with Gasteiger partial charge in [-0.05, 0) is 55.6 Å². The smallest absolute Gasteiger partial charge is 0.190 e. The van der Waals surface area contributed by atoms with Crippen LogP contribution in [0.3, 0.4) is 0 Å². The number of aliphatic hydroxyl groups is 3. The van der Waals surface area contributed by atoms with Gasteiger partial charge in [-0.3, -0.25) is 9.59 Å². The van der Waals surface area contributed by atoms with Crippen LogP contribution in [0.5, 0.6) is 0 Å². The Balaban J connectivity index is 1.84. The highest BCUT2D eigenvalue weighted by molar-refractivity contribution is 6.01. The lowest BCUT2D eigenvalue weighted by Gasteiger charge is -2.65. The first-order valence-corrected chi connectivity index (χ1v) is 10.5. The highest BCUT2D eigenvalue weighted by Gasteiger charge is 2.73. The van der Waals surface area contributed by atoms with Gasteiger partial charge in [0.25, 0.3) is 0 Å². The third kappa shape index (κ3) is 2.03. The molecule has 0 aromatic carbocycles. The molecule has 0 spiro atoms. The third-order valence-corrected chi connectivity index (χ3v) is 9.55. The van der Waals surface area contributed by atoms with Gasteiger partial charge in [-0.25, -0.2) is 0 Å². The summed E-state index contributed by atoms with van der Waals surface area (Å²) in [6.45, 7) is 7.35. The van der Waals surface area contributed by atoms with Crippen LogP contribution >= 0.6 is 0 Å². The topological polar surface area (TPSA) is 94.8 Å². The van der Waals surface area contributed by atoms with E-state index in [9.17, 15) is 24.9 Å². The summed E-state index contributed by atoms with van der Waals surface area (Å²) in [6.07, 6.45) is 7.19. The summed E-state index contributed by atoms with van der Waals surface area (Å²) in [4.78, 5) is 24.6. The quantitative estimate of drug-likeness (QED) is 0.674. The van der Waals surface area contributed by atoms with Gasteiger partial charge in [-0.15, -0.1) is 0 Å². The fourth-order valence-corrected chi connectivity index (χ4v) is 7.69. The largest absolute Gasteiger partial charge is 0.392 e. The van der Waals surface area contributed by atoms with E-state index in [2.05, 4.69) is 13.8 Å². The van der Waals surface area contributed by atoms with E-state index in [0.717, 1.165) is 18.4 Å². The van der Waals surface area contributed by atoms with E-state index >= 15 is 0 Å². The van der Waals surface area contributed by atoms with Gasteiger partial charge >= 0.3 is 0 Å². The molecule has 0 amide bonds. The monoisotopic (exact) mass is 388 g/mol. The molecule has 0 saturated heterocycles. The molecule has 4 aliphatic rings. The van der Waals surface area contributed by atoms with E-state index < -0.39 is 40.3 Å². The van der Waals surface area contributed by atoms with Gasteiger partial charge < -0.3 is 15.3 Å². The number of hydrogen-bond acceptors (Lipinski definition) is 5. The Morgan fingerprint density at radius 2 is 1.93 bits per heavy atom. The molecule has 0 aliphatic heterocycles. The van der Waals surface area contributed by atoms with Gasteiger partial charge in [-0.1, -0.05) is 39.3 Å². The molecule has 0 aromatic rings. The lowest BCUT2D eigenvalue weighted by atomic mass is 9.39. The van der Waals surface area contributed by atoms with E-state index in [4.69, 9.17) is 0 Å². The summed E-state index contributed by atoms with van der Waals surface area (Å²) in [5, 5.41) is 32.5. The predicted molar refractivity (Wildman–Crippen MR) is 104 cm³/mol. The van der Waals surface area contributed by atoms with Crippen molar-refractivity contribution in [1.29, 1.82) is 0 Å². The molecular formula is C23H32O5. The normalized spacial score (nSPS) is 52.5. The van der Waals surface area contributed by atoms with Gasteiger partial charge in [0.2, 0.25) is 0 Å². The van der Waals surface area contributed by atoms with Crippen molar-refractivity contribution >= 4 is 11.6 Å². The number of hydrogen-bond donors (Lipinski definition) is 3. The number of rotatable bonds is 2. The van der Waals surface area contributed by atoms with Crippen LogP contribution in [-0.2, 0) is 9.59 Å². The van der Waals surface area contributed by atoms with Crippen LogP contribution in [-0.4, -0.2) is 45.2 Å². The fourth-order valence-electron chi connectivity index (χ4n) is 7.69. The third-order valence-electron chi connectivity index (χ3n) is 9.55. The van der Waals surface area contributed by atoms with Gasteiger partial charge in [0.1, 0.15) is 12.2 Å². The van der Waals surface area contributed by atoms with E-state index in [1.165, 1.54) is 0 Å². The van der Waals surface area contributed by atoms with Crippen LogP contribution in [0.25, 0.3) is 0 Å². The van der Waals surface area contributed by atoms with Crippen LogP contribution < -0.4 is 0 Å². The van der Waals surface area contributed by atoms with Crippen LogP contribution in [0.4, 0.5) is 0 Å². The van der Waals surface area contributed by atoms with Crippen LogP contribution in [0.2, 0.25) is 0 Å². The van der Waals surface area contributed by atoms with Crippen molar-refractivity contribution < 1.29 is 24.9 Å². The number of fused-ring (bicyclic) bond motifs is 5. The second-order valence-corrected chi connectivity index (χ2v) is 10.3. The Kier molecular flexibility index (Phi) is 4.19. The first-order chi connectivity index (χ1) is 13.0. The number of aliphatic hydroxyl groups excluding tert-OH is 2. The summed E-state index contributed by atoms with van der Waals surface area (Å²) in [5.41, 5.74) is -2.22. The van der Waals surface area contributed by atoms with Gasteiger partial charge in [0, 0.05) is 16.2 Å². The molecule has 5 nitrogen and oxygen atoms in total. The average molecular weight is 389 g/mol. The molecule has 28 heavy (non-hydrogen) atoms. The molecule has 4 rings (SSSR count). The van der Waals surface area contributed by atoms with E-state index in [-0.39, 0.29) is 23.5 Å². The SMILES string of the molecule is C[C@H]1C[C@H]2[C@@H]3CCC4=CC(=O)C=C[C@]4(C)[C@@]3(C)[C@@H](O)C[C@]2(C)[C@@]1(O)C(=O)CO. The van der Waals surface area contributed by atoms with Crippen LogP contribution in [0.15, 0.2) is 23.8 Å². The lowest BCUT2D eigenvalue weighted by molar-refractivity contribution is -0.208. The van der Waals surface area contributed by atoms with Crippen molar-refractivity contribution in [2.75, 3.05) is 6.61 Å². The summed E-state index contributed by atoms with van der Waals surface area (Å²) in [7, 11) is 0. The van der Waals surface area contributed by atoms with Crippen molar-refractivity contribution in [2.24, 2.45) is 34.0 Å². The molecule has 8 atom stereocenters. The highest BCUT2D eigenvalue weighted by Crippen LogP contribution is 2.72. The van der Waals surface area contributed by atoms with Crippen molar-refractivity contribution in [1.82, 2.24) is 0 Å². The summed E-state index contributed by atoms with van der Waals surface area (Å²) in [6, 6.07) is 0. The zero-order valence-corrected chi connectivity index (χ0v) is 17.2. The maximum atomic E-state index is 12.6. The van der Waals surface area contributed by atoms with Crippen molar-refractivity contribution in [2.45, 2.75) is 65.1 Å². The van der Waals surface area contributed by atoms with E-state index in [0.29, 0.717) is 12.8 Å². The number of allylic oxidation sites excluding steroid dienone is 4. The molecule has 154 valence electrons. The molecule has 0 heterocycles. The lowest BCUT2D eigenvalue weighted by Crippen LogP contribution is -2.66. The zero-order chi connectivity index (χ0) is 20.7. The van der Waals surface area contributed by atoms with Gasteiger partial charge in [-0.2, -0.15) is 0 Å².